The first-order valence-corrected chi connectivity index (χ1v) is 6.49. The summed E-state index contributed by atoms with van der Waals surface area (Å²) in [5, 5.41) is 2.65. The highest BCUT2D eigenvalue weighted by atomic mass is 19.4. The third kappa shape index (κ3) is 4.36. The van der Waals surface area contributed by atoms with E-state index in [1.165, 1.54) is 18.9 Å². The molecule has 2 amide bonds. The van der Waals surface area contributed by atoms with Crippen LogP contribution in [-0.4, -0.2) is 67.1 Å². The topological polar surface area (TPSA) is 52.7 Å². The van der Waals surface area contributed by atoms with E-state index in [9.17, 15) is 22.8 Å². The van der Waals surface area contributed by atoms with E-state index >= 15 is 0 Å². The number of nitrogens with zero attached hydrogens (tertiary/aromatic N) is 2. The molecular formula is C12H20F3N3O2. The van der Waals surface area contributed by atoms with Crippen LogP contribution < -0.4 is 5.32 Å². The smallest absolute Gasteiger partial charge is 0.356 e. The highest BCUT2D eigenvalue weighted by Gasteiger charge is 2.39. The normalized spacial score (nSPS) is 17.9. The Balaban J connectivity index is 2.42. The van der Waals surface area contributed by atoms with Crippen LogP contribution in [0.25, 0.3) is 0 Å². The fourth-order valence-electron chi connectivity index (χ4n) is 2.02. The summed E-state index contributed by atoms with van der Waals surface area (Å²) >= 11 is 0. The summed E-state index contributed by atoms with van der Waals surface area (Å²) in [5.74, 6) is -0.746. The number of amides is 2. The average molecular weight is 295 g/mol. The van der Waals surface area contributed by atoms with Crippen molar-refractivity contribution in [1.29, 1.82) is 0 Å². The van der Waals surface area contributed by atoms with Crippen molar-refractivity contribution >= 4 is 11.8 Å². The number of nitrogens with one attached hydrogen (secondary N) is 1. The fourth-order valence-corrected chi connectivity index (χ4v) is 2.02. The molecule has 0 radical (unpaired) electrons. The molecule has 1 atom stereocenters. The molecule has 0 aliphatic carbocycles. The van der Waals surface area contributed by atoms with Crippen LogP contribution in [0, 0.1) is 5.92 Å². The Morgan fingerprint density at radius 1 is 1.40 bits per heavy atom. The zero-order valence-electron chi connectivity index (χ0n) is 11.8. The number of rotatable bonds is 5. The summed E-state index contributed by atoms with van der Waals surface area (Å²) in [5.41, 5.74) is 0. The maximum atomic E-state index is 12.3. The molecule has 0 aromatic carbocycles. The van der Waals surface area contributed by atoms with Crippen LogP contribution in [0.1, 0.15) is 13.8 Å². The molecule has 0 unspecified atom stereocenters. The van der Waals surface area contributed by atoms with E-state index in [0.29, 0.717) is 6.54 Å². The number of alkyl halides is 3. The number of likely N-dealkylation sites (N-methyl/N-ethyl adjacent to an activating group) is 1. The van der Waals surface area contributed by atoms with E-state index in [2.05, 4.69) is 5.32 Å². The number of carbonyl (C=O) groups is 2. The van der Waals surface area contributed by atoms with Crippen LogP contribution in [0.15, 0.2) is 0 Å². The van der Waals surface area contributed by atoms with Gasteiger partial charge < -0.3 is 10.2 Å². The SMILES string of the molecule is CCNC(=O)C1CN(C(=O)[C@H](C)N(C)CC(F)(F)F)C1. The van der Waals surface area contributed by atoms with Crippen LogP contribution in [0.3, 0.4) is 0 Å². The van der Waals surface area contributed by atoms with Gasteiger partial charge in [-0.1, -0.05) is 0 Å². The van der Waals surface area contributed by atoms with E-state index in [-0.39, 0.29) is 30.8 Å². The molecule has 1 rings (SSSR count). The van der Waals surface area contributed by atoms with Gasteiger partial charge in [0.15, 0.2) is 0 Å². The Bertz CT molecular complexity index is 367. The molecule has 5 nitrogen and oxygen atoms in total. The molecule has 1 N–H and O–H groups in total. The maximum absolute atomic E-state index is 12.3. The predicted octanol–water partition coefficient (Wildman–Crippen LogP) is 0.463. The monoisotopic (exact) mass is 295 g/mol. The number of likely N-dealkylation sites (tertiary alicyclic amines) is 1. The third-order valence-electron chi connectivity index (χ3n) is 3.36. The van der Waals surface area contributed by atoms with Gasteiger partial charge in [-0.3, -0.25) is 14.5 Å². The van der Waals surface area contributed by atoms with Gasteiger partial charge in [-0.25, -0.2) is 0 Å². The third-order valence-corrected chi connectivity index (χ3v) is 3.36. The van der Waals surface area contributed by atoms with Gasteiger partial charge >= 0.3 is 6.18 Å². The van der Waals surface area contributed by atoms with Crippen LogP contribution in [0.5, 0.6) is 0 Å². The molecule has 20 heavy (non-hydrogen) atoms. The van der Waals surface area contributed by atoms with Crippen LogP contribution in [0.2, 0.25) is 0 Å². The number of halogens is 3. The Labute approximate surface area is 116 Å². The average Bonchev–Trinajstić information content (AvgIpc) is 2.23. The van der Waals surface area contributed by atoms with Gasteiger partial charge in [0.25, 0.3) is 0 Å². The van der Waals surface area contributed by atoms with Crippen LogP contribution >= 0.6 is 0 Å². The highest BCUT2D eigenvalue weighted by molar-refractivity contribution is 5.86. The zero-order valence-corrected chi connectivity index (χ0v) is 11.8. The van der Waals surface area contributed by atoms with Gasteiger partial charge in [-0.05, 0) is 20.9 Å². The summed E-state index contributed by atoms with van der Waals surface area (Å²) in [6.07, 6.45) is -4.33. The summed E-state index contributed by atoms with van der Waals surface area (Å²) in [4.78, 5) is 25.8. The van der Waals surface area contributed by atoms with Crippen molar-refractivity contribution in [1.82, 2.24) is 15.1 Å². The highest BCUT2D eigenvalue weighted by Crippen LogP contribution is 2.20. The van der Waals surface area contributed by atoms with E-state index in [4.69, 9.17) is 0 Å². The van der Waals surface area contributed by atoms with Crippen molar-refractivity contribution in [3.8, 4) is 0 Å². The molecule has 1 heterocycles. The zero-order chi connectivity index (χ0) is 15.5. The van der Waals surface area contributed by atoms with Gasteiger partial charge in [0.05, 0.1) is 18.5 Å². The van der Waals surface area contributed by atoms with E-state index in [1.54, 1.807) is 6.92 Å². The van der Waals surface area contributed by atoms with Gasteiger partial charge in [0.2, 0.25) is 11.8 Å². The predicted molar refractivity (Wildman–Crippen MR) is 66.9 cm³/mol. The first-order valence-electron chi connectivity index (χ1n) is 6.49. The Morgan fingerprint density at radius 3 is 2.40 bits per heavy atom. The van der Waals surface area contributed by atoms with Crippen molar-refractivity contribution in [3.05, 3.63) is 0 Å². The van der Waals surface area contributed by atoms with Crippen molar-refractivity contribution in [2.45, 2.75) is 26.1 Å². The molecule has 0 aromatic heterocycles. The molecule has 1 saturated heterocycles. The number of carbonyl (C=O) groups excluding carboxylic acids is 2. The molecule has 0 aromatic rings. The van der Waals surface area contributed by atoms with E-state index in [0.717, 1.165) is 4.90 Å². The Hall–Kier alpha value is -1.31. The molecule has 0 bridgehead atoms. The summed E-state index contributed by atoms with van der Waals surface area (Å²) in [7, 11) is 1.26. The van der Waals surface area contributed by atoms with Gasteiger partial charge in [0, 0.05) is 19.6 Å². The Morgan fingerprint density at radius 2 is 1.95 bits per heavy atom. The summed E-state index contributed by atoms with van der Waals surface area (Å²) in [6.45, 7) is 3.17. The molecule has 8 heteroatoms. The number of hydrogen-bond donors (Lipinski definition) is 1. The second kappa shape index (κ2) is 6.43. The minimum Gasteiger partial charge on any atom is -0.356 e. The maximum Gasteiger partial charge on any atom is 0.401 e. The standard InChI is InChI=1S/C12H20F3N3O2/c1-4-16-10(19)9-5-18(6-9)11(20)8(2)17(3)7-12(13,14)15/h8-9H,4-7H2,1-3H3,(H,16,19)/t8-/m0/s1. The summed E-state index contributed by atoms with van der Waals surface area (Å²) in [6, 6.07) is -0.855. The minimum atomic E-state index is -4.33. The minimum absolute atomic E-state index is 0.118. The lowest BCUT2D eigenvalue weighted by Gasteiger charge is -2.41. The van der Waals surface area contributed by atoms with Crippen molar-refractivity contribution in [2.75, 3.05) is 33.2 Å². The molecule has 116 valence electrons. The lowest BCUT2D eigenvalue weighted by Crippen LogP contribution is -2.59. The fraction of sp³-hybridized carbons (Fsp3) is 0.833. The van der Waals surface area contributed by atoms with Crippen molar-refractivity contribution < 1.29 is 22.8 Å². The van der Waals surface area contributed by atoms with Crippen LogP contribution in [-0.2, 0) is 9.59 Å². The molecule has 1 aliphatic rings. The molecule has 1 aliphatic heterocycles. The lowest BCUT2D eigenvalue weighted by atomic mass is 9.98. The number of hydrogen-bond acceptors (Lipinski definition) is 3. The second-order valence-corrected chi connectivity index (χ2v) is 5.04. The molecule has 0 spiro atoms. The molecule has 1 fully saturated rings. The quantitative estimate of drug-likeness (QED) is 0.802. The first-order chi connectivity index (χ1) is 9.15. The van der Waals surface area contributed by atoms with Gasteiger partial charge in [-0.15, -0.1) is 0 Å². The van der Waals surface area contributed by atoms with Gasteiger partial charge in [0.1, 0.15) is 0 Å². The van der Waals surface area contributed by atoms with Crippen molar-refractivity contribution in [2.24, 2.45) is 5.92 Å². The largest absolute Gasteiger partial charge is 0.401 e. The van der Waals surface area contributed by atoms with E-state index in [1.807, 2.05) is 0 Å². The molecular weight excluding hydrogens is 275 g/mol. The second-order valence-electron chi connectivity index (χ2n) is 5.04. The van der Waals surface area contributed by atoms with E-state index < -0.39 is 18.8 Å². The first kappa shape index (κ1) is 16.7. The summed E-state index contributed by atoms with van der Waals surface area (Å²) < 4.78 is 36.8. The Kier molecular flexibility index (Phi) is 5.38. The van der Waals surface area contributed by atoms with Crippen LogP contribution in [0.4, 0.5) is 13.2 Å². The van der Waals surface area contributed by atoms with Crippen molar-refractivity contribution in [3.63, 3.8) is 0 Å². The van der Waals surface area contributed by atoms with Gasteiger partial charge in [-0.2, -0.15) is 13.2 Å². The lowest BCUT2D eigenvalue weighted by molar-refractivity contribution is -0.158. The molecule has 0 saturated carbocycles.